The van der Waals surface area contributed by atoms with Crippen molar-refractivity contribution >= 4 is 41.6 Å². The van der Waals surface area contributed by atoms with Gasteiger partial charge in [-0.15, -0.1) is 12.4 Å². The summed E-state index contributed by atoms with van der Waals surface area (Å²) in [5.41, 5.74) is 4.33. The number of halogens is 1. The van der Waals surface area contributed by atoms with E-state index in [0.29, 0.717) is 5.11 Å². The van der Waals surface area contributed by atoms with Gasteiger partial charge >= 0.3 is 0 Å². The predicted molar refractivity (Wildman–Crippen MR) is 73.4 cm³/mol. The van der Waals surface area contributed by atoms with E-state index in [9.17, 15) is 0 Å². The quantitative estimate of drug-likeness (QED) is 0.429. The van der Waals surface area contributed by atoms with Gasteiger partial charge in [0, 0.05) is 20.3 Å². The van der Waals surface area contributed by atoms with Crippen molar-refractivity contribution in [2.75, 3.05) is 19.4 Å². The topological polar surface area (TPSA) is 61.3 Å². The lowest BCUT2D eigenvalue weighted by molar-refractivity contribution is 0.980. The van der Waals surface area contributed by atoms with Crippen LogP contribution in [0.4, 0.5) is 5.69 Å². The number of hydrogen-bond donors (Lipinski definition) is 3. The number of nitrogens with zero attached hydrogens (tertiary/aromatic N) is 2. The van der Waals surface area contributed by atoms with Gasteiger partial charge in [0.05, 0.1) is 11.9 Å². The van der Waals surface area contributed by atoms with E-state index in [2.05, 4.69) is 26.1 Å². The molecule has 0 atom stereocenters. The molecule has 0 aromatic carbocycles. The van der Waals surface area contributed by atoms with Crippen molar-refractivity contribution in [2.24, 2.45) is 5.10 Å². The maximum absolute atomic E-state index is 4.86. The van der Waals surface area contributed by atoms with Crippen LogP contribution >= 0.6 is 24.6 Å². The smallest absolute Gasteiger partial charge is 0.186 e. The fourth-order valence-electron chi connectivity index (χ4n) is 0.940. The molecule has 0 amide bonds. The Balaban J connectivity index is 0.00000225. The van der Waals surface area contributed by atoms with Crippen molar-refractivity contribution < 1.29 is 0 Å². The molecule has 7 heteroatoms. The highest BCUT2D eigenvalue weighted by molar-refractivity contribution is 7.80. The molecular formula is C9H14ClN5S. The van der Waals surface area contributed by atoms with Crippen molar-refractivity contribution in [1.82, 2.24) is 15.7 Å². The average molecular weight is 260 g/mol. The van der Waals surface area contributed by atoms with Gasteiger partial charge in [-0.25, -0.2) is 0 Å². The summed E-state index contributed by atoms with van der Waals surface area (Å²) in [4.78, 5) is 4.16. The molecule has 88 valence electrons. The molecule has 0 radical (unpaired) electrons. The molecule has 1 aromatic rings. The van der Waals surface area contributed by atoms with Gasteiger partial charge in [-0.2, -0.15) is 5.10 Å². The Hall–Kier alpha value is -1.40. The van der Waals surface area contributed by atoms with E-state index in [1.807, 2.05) is 19.2 Å². The Kier molecular flexibility index (Phi) is 7.15. The summed E-state index contributed by atoms with van der Waals surface area (Å²) in [5.74, 6) is 0. The van der Waals surface area contributed by atoms with Gasteiger partial charge in [-0.3, -0.25) is 10.4 Å². The first-order chi connectivity index (χ1) is 7.27. The average Bonchev–Trinajstić information content (AvgIpc) is 2.29. The number of anilines is 1. The minimum Gasteiger partial charge on any atom is -0.386 e. The van der Waals surface area contributed by atoms with E-state index in [-0.39, 0.29) is 12.4 Å². The number of aromatic nitrogens is 1. The van der Waals surface area contributed by atoms with Crippen molar-refractivity contribution in [3.63, 3.8) is 0 Å². The predicted octanol–water partition coefficient (Wildman–Crippen LogP) is 0.973. The number of pyridine rings is 1. The molecule has 0 unspecified atom stereocenters. The van der Waals surface area contributed by atoms with Crippen molar-refractivity contribution in [1.29, 1.82) is 0 Å². The molecule has 3 N–H and O–H groups in total. The fraction of sp³-hybridized carbons (Fsp3) is 0.222. The van der Waals surface area contributed by atoms with E-state index in [4.69, 9.17) is 12.2 Å². The lowest BCUT2D eigenvalue weighted by atomic mass is 10.3. The summed E-state index contributed by atoms with van der Waals surface area (Å²) in [5, 5.41) is 10.2. The lowest BCUT2D eigenvalue weighted by Crippen LogP contribution is -2.28. The van der Waals surface area contributed by atoms with Crippen molar-refractivity contribution in [3.8, 4) is 0 Å². The molecular weight excluding hydrogens is 246 g/mol. The minimum absolute atomic E-state index is 0. The van der Waals surface area contributed by atoms with E-state index in [1.54, 1.807) is 19.5 Å². The number of hydrogen-bond acceptors (Lipinski definition) is 4. The molecule has 0 saturated heterocycles. The van der Waals surface area contributed by atoms with E-state index >= 15 is 0 Å². The normalized spacial score (nSPS) is 9.38. The molecule has 0 spiro atoms. The summed E-state index contributed by atoms with van der Waals surface area (Å²) < 4.78 is 0. The zero-order valence-electron chi connectivity index (χ0n) is 9.02. The highest BCUT2D eigenvalue weighted by atomic mass is 35.5. The largest absolute Gasteiger partial charge is 0.386 e. The van der Waals surface area contributed by atoms with Crippen LogP contribution in [0.3, 0.4) is 0 Å². The van der Waals surface area contributed by atoms with Gasteiger partial charge < -0.3 is 10.6 Å². The molecule has 5 nitrogen and oxygen atoms in total. The number of rotatable bonds is 3. The Morgan fingerprint density at radius 3 is 2.88 bits per heavy atom. The molecule has 0 bridgehead atoms. The van der Waals surface area contributed by atoms with E-state index in [1.165, 1.54) is 0 Å². The first-order valence-corrected chi connectivity index (χ1v) is 4.82. The van der Waals surface area contributed by atoms with Gasteiger partial charge in [0.1, 0.15) is 5.69 Å². The Morgan fingerprint density at radius 2 is 2.25 bits per heavy atom. The molecule has 0 fully saturated rings. The molecule has 1 rings (SSSR count). The number of nitrogens with one attached hydrogen (secondary N) is 3. The van der Waals surface area contributed by atoms with Crippen LogP contribution in [0.5, 0.6) is 0 Å². The van der Waals surface area contributed by atoms with Gasteiger partial charge in [0.15, 0.2) is 5.11 Å². The summed E-state index contributed by atoms with van der Waals surface area (Å²) in [7, 11) is 3.56. The van der Waals surface area contributed by atoms with Crippen LogP contribution in [0.15, 0.2) is 23.4 Å². The van der Waals surface area contributed by atoms with Gasteiger partial charge in [0.25, 0.3) is 0 Å². The highest BCUT2D eigenvalue weighted by Gasteiger charge is 1.96. The first kappa shape index (κ1) is 14.6. The summed E-state index contributed by atoms with van der Waals surface area (Å²) >= 11 is 4.86. The van der Waals surface area contributed by atoms with E-state index in [0.717, 1.165) is 11.4 Å². The van der Waals surface area contributed by atoms with Crippen LogP contribution in [0.25, 0.3) is 0 Å². The van der Waals surface area contributed by atoms with Gasteiger partial charge in [-0.05, 0) is 24.4 Å². The van der Waals surface area contributed by atoms with Crippen molar-refractivity contribution in [3.05, 3.63) is 24.0 Å². The second kappa shape index (κ2) is 7.84. The van der Waals surface area contributed by atoms with Gasteiger partial charge in [0.2, 0.25) is 0 Å². The van der Waals surface area contributed by atoms with Crippen LogP contribution in [0, 0.1) is 0 Å². The Bertz CT molecular complexity index is 369. The Morgan fingerprint density at radius 1 is 1.50 bits per heavy atom. The maximum Gasteiger partial charge on any atom is 0.186 e. The third-order valence-corrected chi connectivity index (χ3v) is 1.98. The fourth-order valence-corrected chi connectivity index (χ4v) is 0.992. The molecule has 0 aliphatic carbocycles. The monoisotopic (exact) mass is 259 g/mol. The molecule has 1 aromatic heterocycles. The van der Waals surface area contributed by atoms with Crippen LogP contribution in [0.2, 0.25) is 0 Å². The third-order valence-electron chi connectivity index (χ3n) is 1.69. The second-order valence-electron chi connectivity index (χ2n) is 2.64. The lowest BCUT2D eigenvalue weighted by Gasteiger charge is -2.03. The van der Waals surface area contributed by atoms with Crippen molar-refractivity contribution in [2.45, 2.75) is 0 Å². The molecule has 1 heterocycles. The Labute approximate surface area is 106 Å². The molecule has 16 heavy (non-hydrogen) atoms. The maximum atomic E-state index is 4.86. The van der Waals surface area contributed by atoms with Crippen LogP contribution in [-0.2, 0) is 0 Å². The molecule has 0 aliphatic rings. The van der Waals surface area contributed by atoms with Crippen LogP contribution in [-0.4, -0.2) is 30.4 Å². The number of thiocarbonyl (C=S) groups is 1. The highest BCUT2D eigenvalue weighted by Crippen LogP contribution is 2.07. The zero-order valence-corrected chi connectivity index (χ0v) is 10.7. The molecule has 0 aliphatic heterocycles. The van der Waals surface area contributed by atoms with Crippen LogP contribution in [0.1, 0.15) is 5.69 Å². The van der Waals surface area contributed by atoms with Gasteiger partial charge in [-0.1, -0.05) is 0 Å². The second-order valence-corrected chi connectivity index (χ2v) is 3.04. The zero-order chi connectivity index (χ0) is 11.1. The first-order valence-electron chi connectivity index (χ1n) is 4.41. The third kappa shape index (κ3) is 4.41. The summed E-state index contributed by atoms with van der Waals surface area (Å²) in [6.45, 7) is 0. The summed E-state index contributed by atoms with van der Waals surface area (Å²) in [6, 6.07) is 3.78. The molecule has 0 saturated carbocycles. The summed E-state index contributed by atoms with van der Waals surface area (Å²) in [6.07, 6.45) is 3.31. The van der Waals surface area contributed by atoms with Crippen LogP contribution < -0.4 is 16.1 Å². The standard InChI is InChI=1S/C9H13N5S.ClH/c1-10-7-4-3-5-12-8(7)6-13-14-9(15)11-2;/h3-6,10H,1-2H3,(H2,11,14,15);1H/b13-6+;. The SMILES string of the molecule is CNC(=S)N/N=C/c1ncccc1NC.Cl. The minimum atomic E-state index is 0. The number of hydrazone groups is 1. The van der Waals surface area contributed by atoms with E-state index < -0.39 is 0 Å².